The van der Waals surface area contributed by atoms with Gasteiger partial charge in [-0.15, -0.1) is 22.9 Å². The lowest BCUT2D eigenvalue weighted by Crippen LogP contribution is -1.78. The summed E-state index contributed by atoms with van der Waals surface area (Å²) in [6.45, 7) is 0. The summed E-state index contributed by atoms with van der Waals surface area (Å²) in [5.74, 6) is 0.124. The van der Waals surface area contributed by atoms with Gasteiger partial charge in [-0.3, -0.25) is 0 Å². The molecule has 0 spiro atoms. The minimum Gasteiger partial charge on any atom is -0.205 e. The monoisotopic (exact) mass is 234 g/mol. The van der Waals surface area contributed by atoms with Crippen LogP contribution in [-0.4, -0.2) is 0 Å². The van der Waals surface area contributed by atoms with Crippen LogP contribution in [0.5, 0.6) is 0 Å². The van der Waals surface area contributed by atoms with E-state index >= 15 is 0 Å². The first-order chi connectivity index (χ1) is 6.22. The number of benzene rings is 1. The first-order valence-electron chi connectivity index (χ1n) is 3.63. The van der Waals surface area contributed by atoms with Gasteiger partial charge in [-0.1, -0.05) is 11.6 Å². The fraction of sp³-hybridized carbons (Fsp3) is 0.111. The third kappa shape index (κ3) is 1.54. The Kier molecular flexibility index (Phi) is 2.45. The van der Waals surface area contributed by atoms with E-state index < -0.39 is 0 Å². The van der Waals surface area contributed by atoms with Crippen LogP contribution in [0, 0.1) is 5.82 Å². The zero-order valence-corrected chi connectivity index (χ0v) is 8.81. The number of alkyl halides is 1. The van der Waals surface area contributed by atoms with E-state index in [2.05, 4.69) is 0 Å². The molecule has 1 aromatic carbocycles. The molecule has 0 bridgehead atoms. The fourth-order valence-electron chi connectivity index (χ4n) is 1.20. The molecule has 0 atom stereocenters. The summed E-state index contributed by atoms with van der Waals surface area (Å²) in [6, 6.07) is 3.51. The van der Waals surface area contributed by atoms with Gasteiger partial charge in [0.15, 0.2) is 0 Å². The molecule has 0 saturated heterocycles. The van der Waals surface area contributed by atoms with E-state index in [0.717, 1.165) is 10.3 Å². The van der Waals surface area contributed by atoms with Gasteiger partial charge in [0.2, 0.25) is 0 Å². The Hall–Kier alpha value is -0.310. The molecule has 2 aromatic rings. The molecule has 0 N–H and O–H groups in total. The van der Waals surface area contributed by atoms with Crippen molar-refractivity contribution in [1.29, 1.82) is 0 Å². The molecule has 0 amide bonds. The van der Waals surface area contributed by atoms with Gasteiger partial charge in [-0.2, -0.15) is 0 Å². The van der Waals surface area contributed by atoms with Crippen LogP contribution in [0.4, 0.5) is 4.39 Å². The molecule has 1 aromatic heterocycles. The second-order valence-corrected chi connectivity index (χ2v) is 4.23. The molecule has 0 aliphatic heterocycles. The Labute approximate surface area is 88.9 Å². The zero-order chi connectivity index (χ0) is 9.42. The van der Waals surface area contributed by atoms with Crippen LogP contribution in [0.15, 0.2) is 17.5 Å². The van der Waals surface area contributed by atoms with Gasteiger partial charge in [0.05, 0.1) is 9.72 Å². The van der Waals surface area contributed by atoms with Crippen molar-refractivity contribution in [2.24, 2.45) is 0 Å². The van der Waals surface area contributed by atoms with Gasteiger partial charge >= 0.3 is 0 Å². The van der Waals surface area contributed by atoms with Crippen molar-refractivity contribution in [3.05, 3.63) is 33.9 Å². The molecule has 1 heterocycles. The summed E-state index contributed by atoms with van der Waals surface area (Å²) < 4.78 is 13.9. The predicted molar refractivity (Wildman–Crippen MR) is 56.4 cm³/mol. The molecule has 13 heavy (non-hydrogen) atoms. The van der Waals surface area contributed by atoms with Gasteiger partial charge in [0, 0.05) is 16.6 Å². The molecule has 68 valence electrons. The minimum atomic E-state index is -0.228. The average Bonchev–Trinajstić information content (AvgIpc) is 2.48. The lowest BCUT2D eigenvalue weighted by Gasteiger charge is -1.98. The largest absolute Gasteiger partial charge is 0.205 e. The Morgan fingerprint density at radius 2 is 2.15 bits per heavy atom. The van der Waals surface area contributed by atoms with Crippen LogP contribution < -0.4 is 0 Å². The Balaban J connectivity index is 2.80. The van der Waals surface area contributed by atoms with E-state index in [1.165, 1.54) is 16.7 Å². The van der Waals surface area contributed by atoms with E-state index in [0.29, 0.717) is 16.3 Å². The molecule has 4 heteroatoms. The van der Waals surface area contributed by atoms with Gasteiger partial charge in [0.25, 0.3) is 0 Å². The quantitative estimate of drug-likeness (QED) is 0.641. The van der Waals surface area contributed by atoms with E-state index in [1.54, 1.807) is 12.1 Å². The van der Waals surface area contributed by atoms with Gasteiger partial charge in [-0.25, -0.2) is 4.39 Å². The number of rotatable bonds is 1. The molecule has 0 unspecified atom stereocenters. The number of thiophene rings is 1. The van der Waals surface area contributed by atoms with Crippen molar-refractivity contribution in [3.8, 4) is 0 Å². The summed E-state index contributed by atoms with van der Waals surface area (Å²) in [7, 11) is 0. The fourth-order valence-corrected chi connectivity index (χ4v) is 2.53. The molecular weight excluding hydrogens is 230 g/mol. The van der Waals surface area contributed by atoms with Crippen LogP contribution in [-0.2, 0) is 5.88 Å². The molecular formula is C9H5Cl2FS. The molecule has 0 nitrogen and oxygen atoms in total. The smallest absolute Gasteiger partial charge is 0.141 e. The first-order valence-corrected chi connectivity index (χ1v) is 5.42. The number of hydrogen-bond donors (Lipinski definition) is 0. The average molecular weight is 235 g/mol. The Morgan fingerprint density at radius 1 is 1.38 bits per heavy atom. The highest BCUT2D eigenvalue weighted by molar-refractivity contribution is 7.17. The Bertz CT molecular complexity index is 450. The molecule has 0 radical (unpaired) electrons. The third-order valence-electron chi connectivity index (χ3n) is 1.80. The third-order valence-corrected chi connectivity index (χ3v) is 3.51. The summed E-state index contributed by atoms with van der Waals surface area (Å²) >= 11 is 12.9. The lowest BCUT2D eigenvalue weighted by molar-refractivity contribution is 0.644. The summed E-state index contributed by atoms with van der Waals surface area (Å²) in [5.41, 5.74) is 0.844. The van der Waals surface area contributed by atoms with Crippen molar-refractivity contribution < 1.29 is 4.39 Å². The van der Waals surface area contributed by atoms with Crippen molar-refractivity contribution in [3.63, 3.8) is 0 Å². The van der Waals surface area contributed by atoms with Gasteiger partial charge < -0.3 is 0 Å². The second-order valence-electron chi connectivity index (χ2n) is 2.67. The van der Waals surface area contributed by atoms with E-state index in [1.807, 2.05) is 0 Å². The van der Waals surface area contributed by atoms with Crippen LogP contribution in [0.3, 0.4) is 0 Å². The summed E-state index contributed by atoms with van der Waals surface area (Å²) in [5, 5.41) is 2.59. The normalized spacial score (nSPS) is 11.0. The second kappa shape index (κ2) is 3.45. The molecule has 0 aliphatic carbocycles. The zero-order valence-electron chi connectivity index (χ0n) is 6.48. The highest BCUT2D eigenvalue weighted by atomic mass is 35.5. The molecule has 0 aliphatic rings. The van der Waals surface area contributed by atoms with Crippen LogP contribution in [0.2, 0.25) is 5.02 Å². The first kappa shape index (κ1) is 9.25. The number of fused-ring (bicyclic) bond motifs is 1. The van der Waals surface area contributed by atoms with Crippen molar-refractivity contribution in [2.45, 2.75) is 5.88 Å². The predicted octanol–water partition coefficient (Wildman–Crippen LogP) is 4.43. The van der Waals surface area contributed by atoms with Gasteiger partial charge in [0.1, 0.15) is 5.82 Å². The molecule has 2 rings (SSSR count). The minimum absolute atomic E-state index is 0.228. The van der Waals surface area contributed by atoms with E-state index in [-0.39, 0.29) is 5.82 Å². The van der Waals surface area contributed by atoms with Crippen LogP contribution in [0.25, 0.3) is 10.1 Å². The summed E-state index contributed by atoms with van der Waals surface area (Å²) in [4.78, 5) is 0. The highest BCUT2D eigenvalue weighted by Gasteiger charge is 2.08. The maximum Gasteiger partial charge on any atom is 0.141 e. The maximum atomic E-state index is 13.2. The van der Waals surface area contributed by atoms with Crippen LogP contribution >= 0.6 is 34.5 Å². The number of halogens is 3. The highest BCUT2D eigenvalue weighted by Crippen LogP contribution is 2.32. The number of hydrogen-bond acceptors (Lipinski definition) is 1. The van der Waals surface area contributed by atoms with Crippen molar-refractivity contribution in [1.82, 2.24) is 0 Å². The summed E-state index contributed by atoms with van der Waals surface area (Å²) in [6.07, 6.45) is 0. The lowest BCUT2D eigenvalue weighted by atomic mass is 10.2. The van der Waals surface area contributed by atoms with Crippen LogP contribution in [0.1, 0.15) is 5.56 Å². The Morgan fingerprint density at radius 3 is 2.85 bits per heavy atom. The van der Waals surface area contributed by atoms with E-state index in [9.17, 15) is 4.39 Å². The SMILES string of the molecule is Fc1csc2c(Cl)cc(CCl)cc12. The topological polar surface area (TPSA) is 0 Å². The van der Waals surface area contributed by atoms with Crippen molar-refractivity contribution in [2.75, 3.05) is 0 Å². The molecule has 0 fully saturated rings. The molecule has 0 saturated carbocycles. The van der Waals surface area contributed by atoms with Gasteiger partial charge in [-0.05, 0) is 17.7 Å². The van der Waals surface area contributed by atoms with Crippen molar-refractivity contribution >= 4 is 44.6 Å². The standard InChI is InChI=1S/C9H5Cl2FS/c10-3-5-1-6-8(12)4-13-9(6)7(11)2-5/h1-2,4H,3H2. The van der Waals surface area contributed by atoms with E-state index in [4.69, 9.17) is 23.2 Å². The maximum absolute atomic E-state index is 13.2.